The zero-order valence-corrected chi connectivity index (χ0v) is 11.0. The van der Waals surface area contributed by atoms with Crippen molar-refractivity contribution in [2.24, 2.45) is 0 Å². The fourth-order valence-electron chi connectivity index (χ4n) is 1.93. The molecular weight excluding hydrogens is 248 g/mol. The molecule has 1 aromatic rings. The van der Waals surface area contributed by atoms with Crippen LogP contribution in [0.3, 0.4) is 0 Å². The van der Waals surface area contributed by atoms with Crippen LogP contribution in [-0.4, -0.2) is 21.5 Å². The van der Waals surface area contributed by atoms with E-state index in [2.05, 4.69) is 5.32 Å². The lowest BCUT2D eigenvalue weighted by molar-refractivity contribution is -0.384. The van der Waals surface area contributed by atoms with Crippen LogP contribution in [0.5, 0.6) is 0 Å². The van der Waals surface area contributed by atoms with Crippen LogP contribution in [0.25, 0.3) is 0 Å². The molecule has 104 valence electrons. The van der Waals surface area contributed by atoms with E-state index in [1.165, 1.54) is 12.1 Å². The lowest BCUT2D eigenvalue weighted by Crippen LogP contribution is -2.50. The third-order valence-corrected chi connectivity index (χ3v) is 3.37. The predicted molar refractivity (Wildman–Crippen MR) is 70.9 cm³/mol. The maximum absolute atomic E-state index is 11.3. The average Bonchev–Trinajstić information content (AvgIpc) is 2.40. The lowest BCUT2D eigenvalue weighted by Gasteiger charge is -2.28. The van der Waals surface area contributed by atoms with Gasteiger partial charge in [-0.1, -0.05) is 26.0 Å². The summed E-state index contributed by atoms with van der Waals surface area (Å²) in [6.07, 6.45) is 0.904. The second-order valence-electron chi connectivity index (χ2n) is 4.37. The van der Waals surface area contributed by atoms with Gasteiger partial charge in [0.2, 0.25) is 0 Å². The number of nitrogens with zero attached hydrogens (tertiary/aromatic N) is 1. The number of aliphatic carboxylic acids is 1. The van der Waals surface area contributed by atoms with Crippen LogP contribution in [-0.2, 0) is 11.3 Å². The summed E-state index contributed by atoms with van der Waals surface area (Å²) in [7, 11) is 0. The smallest absolute Gasteiger partial charge is 0.323 e. The molecule has 0 heterocycles. The van der Waals surface area contributed by atoms with E-state index in [9.17, 15) is 20.0 Å². The second-order valence-corrected chi connectivity index (χ2v) is 4.37. The number of hydrogen-bond donors (Lipinski definition) is 2. The first-order chi connectivity index (χ1) is 8.95. The van der Waals surface area contributed by atoms with Gasteiger partial charge in [-0.25, -0.2) is 0 Å². The molecule has 0 atom stereocenters. The van der Waals surface area contributed by atoms with Crippen LogP contribution < -0.4 is 5.32 Å². The van der Waals surface area contributed by atoms with Crippen molar-refractivity contribution >= 4 is 11.7 Å². The minimum absolute atomic E-state index is 0.00761. The molecule has 0 saturated heterocycles. The third-order valence-electron chi connectivity index (χ3n) is 3.37. The molecule has 0 spiro atoms. The highest BCUT2D eigenvalue weighted by Gasteiger charge is 2.33. The number of nitrogens with one attached hydrogen (secondary N) is 1. The normalized spacial score (nSPS) is 11.3. The zero-order chi connectivity index (χ0) is 14.5. The van der Waals surface area contributed by atoms with E-state index in [-0.39, 0.29) is 12.2 Å². The van der Waals surface area contributed by atoms with Crippen molar-refractivity contribution in [3.05, 3.63) is 39.9 Å². The van der Waals surface area contributed by atoms with Crippen molar-refractivity contribution in [3.8, 4) is 0 Å². The highest BCUT2D eigenvalue weighted by Crippen LogP contribution is 2.18. The monoisotopic (exact) mass is 266 g/mol. The SMILES string of the molecule is CCC(CC)(NCc1cccc([N+](=O)[O-])c1)C(=O)O. The molecule has 0 aliphatic heterocycles. The van der Waals surface area contributed by atoms with E-state index in [0.717, 1.165) is 0 Å². The Hall–Kier alpha value is -1.95. The average molecular weight is 266 g/mol. The van der Waals surface area contributed by atoms with Gasteiger partial charge in [0.05, 0.1) is 4.92 Å². The summed E-state index contributed by atoms with van der Waals surface area (Å²) in [5.74, 6) is -0.900. The van der Waals surface area contributed by atoms with Crippen LogP contribution >= 0.6 is 0 Å². The van der Waals surface area contributed by atoms with Crippen molar-refractivity contribution in [2.45, 2.75) is 38.8 Å². The van der Waals surface area contributed by atoms with E-state index in [1.807, 2.05) is 0 Å². The molecule has 6 heteroatoms. The summed E-state index contributed by atoms with van der Waals surface area (Å²) in [4.78, 5) is 21.5. The molecule has 0 fully saturated rings. The largest absolute Gasteiger partial charge is 0.480 e. The van der Waals surface area contributed by atoms with Crippen LogP contribution in [0.15, 0.2) is 24.3 Å². The summed E-state index contributed by atoms with van der Waals surface area (Å²) in [6.45, 7) is 3.89. The van der Waals surface area contributed by atoms with Gasteiger partial charge in [0.25, 0.3) is 5.69 Å². The molecule has 0 aliphatic carbocycles. The van der Waals surface area contributed by atoms with Crippen molar-refractivity contribution in [2.75, 3.05) is 0 Å². The minimum Gasteiger partial charge on any atom is -0.480 e. The van der Waals surface area contributed by atoms with Gasteiger partial charge in [0, 0.05) is 18.7 Å². The van der Waals surface area contributed by atoms with Gasteiger partial charge in [-0.3, -0.25) is 20.2 Å². The van der Waals surface area contributed by atoms with Crippen molar-refractivity contribution in [1.29, 1.82) is 0 Å². The number of carbonyl (C=O) groups is 1. The lowest BCUT2D eigenvalue weighted by atomic mass is 9.92. The highest BCUT2D eigenvalue weighted by atomic mass is 16.6. The molecule has 0 radical (unpaired) electrons. The topological polar surface area (TPSA) is 92.5 Å². The summed E-state index contributed by atoms with van der Waals surface area (Å²) in [5.41, 5.74) is -0.278. The summed E-state index contributed by atoms with van der Waals surface area (Å²) < 4.78 is 0. The Kier molecular flexibility index (Phi) is 5.00. The minimum atomic E-state index is -0.982. The maximum Gasteiger partial charge on any atom is 0.323 e. The standard InChI is InChI=1S/C13H18N2O4/c1-3-13(4-2,12(16)17)14-9-10-6-5-7-11(8-10)15(18)19/h5-8,14H,3-4,9H2,1-2H3,(H,16,17). The molecular formula is C13H18N2O4. The number of carboxylic acids is 1. The number of rotatable bonds is 7. The van der Waals surface area contributed by atoms with E-state index in [1.54, 1.807) is 26.0 Å². The van der Waals surface area contributed by atoms with Crippen LogP contribution in [0.1, 0.15) is 32.3 Å². The number of nitro benzene ring substituents is 1. The Labute approximate surface area is 111 Å². The van der Waals surface area contributed by atoms with E-state index < -0.39 is 16.4 Å². The predicted octanol–water partition coefficient (Wildman–Crippen LogP) is 2.33. The molecule has 0 unspecified atom stereocenters. The van der Waals surface area contributed by atoms with Crippen molar-refractivity contribution < 1.29 is 14.8 Å². The van der Waals surface area contributed by atoms with E-state index in [4.69, 9.17) is 0 Å². The van der Waals surface area contributed by atoms with Crippen molar-refractivity contribution in [3.63, 3.8) is 0 Å². The first kappa shape index (κ1) is 15.1. The molecule has 0 aromatic heterocycles. The Morgan fingerprint density at radius 2 is 2.05 bits per heavy atom. The fourth-order valence-corrected chi connectivity index (χ4v) is 1.93. The number of nitro groups is 1. The van der Waals surface area contributed by atoms with E-state index in [0.29, 0.717) is 18.4 Å². The molecule has 0 bridgehead atoms. The molecule has 0 aliphatic rings. The Morgan fingerprint density at radius 3 is 2.53 bits per heavy atom. The highest BCUT2D eigenvalue weighted by molar-refractivity contribution is 5.78. The Balaban J connectivity index is 2.83. The Morgan fingerprint density at radius 1 is 1.42 bits per heavy atom. The van der Waals surface area contributed by atoms with Gasteiger partial charge in [-0.15, -0.1) is 0 Å². The fraction of sp³-hybridized carbons (Fsp3) is 0.462. The molecule has 1 aromatic carbocycles. The molecule has 0 saturated carbocycles. The molecule has 1 rings (SSSR count). The van der Waals surface area contributed by atoms with Gasteiger partial charge >= 0.3 is 5.97 Å². The molecule has 19 heavy (non-hydrogen) atoms. The summed E-state index contributed by atoms with van der Waals surface area (Å²) >= 11 is 0. The first-order valence-electron chi connectivity index (χ1n) is 6.17. The number of hydrogen-bond acceptors (Lipinski definition) is 4. The number of carboxylic acid groups (broad SMARTS) is 1. The van der Waals surface area contributed by atoms with Crippen molar-refractivity contribution in [1.82, 2.24) is 5.32 Å². The van der Waals surface area contributed by atoms with Crippen LogP contribution in [0.4, 0.5) is 5.69 Å². The molecule has 0 amide bonds. The zero-order valence-electron chi connectivity index (χ0n) is 11.0. The Bertz CT molecular complexity index is 469. The maximum atomic E-state index is 11.3. The van der Waals surface area contributed by atoms with Gasteiger partial charge in [0.1, 0.15) is 5.54 Å². The van der Waals surface area contributed by atoms with Crippen LogP contribution in [0, 0.1) is 10.1 Å². The summed E-state index contributed by atoms with van der Waals surface area (Å²) in [6, 6.07) is 6.19. The molecule has 6 nitrogen and oxygen atoms in total. The van der Waals surface area contributed by atoms with Crippen LogP contribution in [0.2, 0.25) is 0 Å². The van der Waals surface area contributed by atoms with E-state index >= 15 is 0 Å². The number of benzene rings is 1. The summed E-state index contributed by atoms with van der Waals surface area (Å²) in [5, 5.41) is 22.9. The third kappa shape index (κ3) is 3.51. The molecule has 2 N–H and O–H groups in total. The van der Waals surface area contributed by atoms with Gasteiger partial charge < -0.3 is 5.11 Å². The van der Waals surface area contributed by atoms with Gasteiger partial charge in [0.15, 0.2) is 0 Å². The first-order valence-corrected chi connectivity index (χ1v) is 6.17. The van der Waals surface area contributed by atoms with Gasteiger partial charge in [-0.05, 0) is 18.4 Å². The number of non-ortho nitro benzene ring substituents is 1. The van der Waals surface area contributed by atoms with Gasteiger partial charge in [-0.2, -0.15) is 0 Å². The second kappa shape index (κ2) is 6.29. The quantitative estimate of drug-likeness (QED) is 0.583.